The van der Waals surface area contributed by atoms with Crippen LogP contribution in [0.5, 0.6) is 0 Å². The fourth-order valence-electron chi connectivity index (χ4n) is 2.19. The van der Waals surface area contributed by atoms with Crippen molar-refractivity contribution in [3.05, 3.63) is 29.1 Å². The van der Waals surface area contributed by atoms with Crippen molar-refractivity contribution in [1.29, 1.82) is 0 Å². The lowest BCUT2D eigenvalue weighted by molar-refractivity contribution is -0.108. The largest absolute Gasteiger partial charge is 0.303 e. The molecule has 0 saturated carbocycles. The fourth-order valence-corrected chi connectivity index (χ4v) is 2.19. The van der Waals surface area contributed by atoms with E-state index >= 15 is 0 Å². The van der Waals surface area contributed by atoms with Gasteiger partial charge in [-0.05, 0) is 37.8 Å². The number of rotatable bonds is 2. The van der Waals surface area contributed by atoms with Crippen LogP contribution in [-0.2, 0) is 11.2 Å². The molecule has 0 N–H and O–H groups in total. The second-order valence-electron chi connectivity index (χ2n) is 3.99. The summed E-state index contributed by atoms with van der Waals surface area (Å²) >= 11 is 0. The van der Waals surface area contributed by atoms with Gasteiger partial charge in [0.15, 0.2) is 0 Å². The minimum atomic E-state index is 0.371. The zero-order chi connectivity index (χ0) is 9.97. The Morgan fingerprint density at radius 1 is 1.57 bits per heavy atom. The van der Waals surface area contributed by atoms with E-state index in [2.05, 4.69) is 17.1 Å². The van der Waals surface area contributed by atoms with Gasteiger partial charge in [0.2, 0.25) is 0 Å². The van der Waals surface area contributed by atoms with Crippen molar-refractivity contribution in [3.8, 4) is 0 Å². The summed E-state index contributed by atoms with van der Waals surface area (Å²) in [7, 11) is 0. The Hall–Kier alpha value is -1.18. The topological polar surface area (TPSA) is 30.0 Å². The number of fused-ring (bicyclic) bond motifs is 1. The Kier molecular flexibility index (Phi) is 2.62. The molecule has 0 spiro atoms. The highest BCUT2D eigenvalue weighted by Gasteiger charge is 2.20. The van der Waals surface area contributed by atoms with Crippen molar-refractivity contribution >= 4 is 6.29 Å². The predicted molar refractivity (Wildman–Crippen MR) is 55.3 cm³/mol. The summed E-state index contributed by atoms with van der Waals surface area (Å²) in [5.41, 5.74) is 3.57. The van der Waals surface area contributed by atoms with Crippen LogP contribution in [0.4, 0.5) is 0 Å². The maximum absolute atomic E-state index is 10.5. The quantitative estimate of drug-likeness (QED) is 0.669. The van der Waals surface area contributed by atoms with Crippen LogP contribution >= 0.6 is 0 Å². The molecule has 2 heteroatoms. The molecule has 1 aromatic heterocycles. The zero-order valence-electron chi connectivity index (χ0n) is 8.49. The molecule has 0 fully saturated rings. The molecule has 0 radical (unpaired) electrons. The lowest BCUT2D eigenvalue weighted by Gasteiger charge is -2.22. The molecule has 74 valence electrons. The average Bonchev–Trinajstić information content (AvgIpc) is 2.19. The highest BCUT2D eigenvalue weighted by molar-refractivity contribution is 5.52. The summed E-state index contributed by atoms with van der Waals surface area (Å²) < 4.78 is 0. The molecule has 1 atom stereocenters. The molecule has 2 nitrogen and oxygen atoms in total. The Bertz CT molecular complexity index is 346. The fraction of sp³-hybridized carbons (Fsp3) is 0.500. The van der Waals surface area contributed by atoms with E-state index in [1.807, 2.05) is 6.92 Å². The molecular weight excluding hydrogens is 174 g/mol. The monoisotopic (exact) mass is 189 g/mol. The van der Waals surface area contributed by atoms with Crippen LogP contribution in [0.25, 0.3) is 0 Å². The number of aromatic nitrogens is 1. The molecule has 0 saturated heterocycles. The highest BCUT2D eigenvalue weighted by atomic mass is 16.1. The number of carbonyl (C=O) groups is 1. The molecule has 0 amide bonds. The van der Waals surface area contributed by atoms with Gasteiger partial charge in [-0.1, -0.05) is 6.07 Å². The molecule has 0 bridgehead atoms. The van der Waals surface area contributed by atoms with Gasteiger partial charge in [0.25, 0.3) is 0 Å². The molecule has 1 aliphatic rings. The summed E-state index contributed by atoms with van der Waals surface area (Å²) in [6, 6.07) is 4.22. The third-order valence-electron chi connectivity index (χ3n) is 2.92. The first kappa shape index (κ1) is 9.38. The normalized spacial score (nSPS) is 20.2. The first-order valence-corrected chi connectivity index (χ1v) is 5.21. The van der Waals surface area contributed by atoms with Crippen molar-refractivity contribution in [2.75, 3.05) is 0 Å². The van der Waals surface area contributed by atoms with Crippen molar-refractivity contribution in [3.63, 3.8) is 0 Å². The standard InChI is InChI=1S/C12H15NO/c1-9-5-6-10-3-2-4-11(7-8-14)12(10)13-9/h5-6,8,11H,2-4,7H2,1H3. The van der Waals surface area contributed by atoms with Gasteiger partial charge in [-0.2, -0.15) is 0 Å². The molecule has 1 aromatic rings. The molecule has 2 rings (SSSR count). The maximum Gasteiger partial charge on any atom is 0.120 e. The summed E-state index contributed by atoms with van der Waals surface area (Å²) in [5, 5.41) is 0. The van der Waals surface area contributed by atoms with Gasteiger partial charge in [0, 0.05) is 23.7 Å². The lowest BCUT2D eigenvalue weighted by atomic mass is 9.85. The second kappa shape index (κ2) is 3.91. The van der Waals surface area contributed by atoms with Gasteiger partial charge in [0.05, 0.1) is 0 Å². The van der Waals surface area contributed by atoms with Crippen LogP contribution in [0, 0.1) is 6.92 Å². The number of hydrogen-bond donors (Lipinski definition) is 0. The van der Waals surface area contributed by atoms with E-state index in [4.69, 9.17) is 0 Å². The third kappa shape index (κ3) is 1.69. The zero-order valence-corrected chi connectivity index (χ0v) is 8.49. The van der Waals surface area contributed by atoms with Crippen LogP contribution in [0.3, 0.4) is 0 Å². The van der Waals surface area contributed by atoms with Crippen molar-refractivity contribution in [2.45, 2.75) is 38.5 Å². The first-order valence-electron chi connectivity index (χ1n) is 5.21. The Balaban J connectivity index is 2.36. The molecule has 1 aliphatic carbocycles. The van der Waals surface area contributed by atoms with Gasteiger partial charge in [0.1, 0.15) is 6.29 Å². The minimum absolute atomic E-state index is 0.371. The number of aryl methyl sites for hydroxylation is 2. The van der Waals surface area contributed by atoms with Gasteiger partial charge in [-0.15, -0.1) is 0 Å². The third-order valence-corrected chi connectivity index (χ3v) is 2.92. The number of aldehydes is 1. The average molecular weight is 189 g/mol. The van der Waals surface area contributed by atoms with Crippen molar-refractivity contribution in [1.82, 2.24) is 4.98 Å². The number of nitrogens with zero attached hydrogens (tertiary/aromatic N) is 1. The minimum Gasteiger partial charge on any atom is -0.303 e. The van der Waals surface area contributed by atoms with Gasteiger partial charge in [-0.3, -0.25) is 4.98 Å². The highest BCUT2D eigenvalue weighted by Crippen LogP contribution is 2.31. The van der Waals surface area contributed by atoms with E-state index in [1.165, 1.54) is 17.7 Å². The molecular formula is C12H15NO. The molecule has 14 heavy (non-hydrogen) atoms. The van der Waals surface area contributed by atoms with E-state index in [1.54, 1.807) is 0 Å². The lowest BCUT2D eigenvalue weighted by Crippen LogP contribution is -2.12. The van der Waals surface area contributed by atoms with Crippen molar-refractivity contribution in [2.24, 2.45) is 0 Å². The molecule has 0 aliphatic heterocycles. The van der Waals surface area contributed by atoms with Gasteiger partial charge in [-0.25, -0.2) is 0 Å². The predicted octanol–water partition coefficient (Wildman–Crippen LogP) is 2.40. The summed E-state index contributed by atoms with van der Waals surface area (Å²) in [5.74, 6) is 0.371. The first-order chi connectivity index (χ1) is 6.81. The van der Waals surface area contributed by atoms with Crippen LogP contribution in [0.15, 0.2) is 12.1 Å². The van der Waals surface area contributed by atoms with Crippen LogP contribution in [0.2, 0.25) is 0 Å². The second-order valence-corrected chi connectivity index (χ2v) is 3.99. The Morgan fingerprint density at radius 3 is 3.21 bits per heavy atom. The van der Waals surface area contributed by atoms with Gasteiger partial charge < -0.3 is 4.79 Å². The van der Waals surface area contributed by atoms with E-state index in [9.17, 15) is 4.79 Å². The van der Waals surface area contributed by atoms with E-state index in [0.717, 1.165) is 24.8 Å². The Morgan fingerprint density at radius 2 is 2.43 bits per heavy atom. The van der Waals surface area contributed by atoms with E-state index in [0.29, 0.717) is 12.3 Å². The van der Waals surface area contributed by atoms with Gasteiger partial charge >= 0.3 is 0 Å². The smallest absolute Gasteiger partial charge is 0.120 e. The van der Waals surface area contributed by atoms with Crippen molar-refractivity contribution < 1.29 is 4.79 Å². The summed E-state index contributed by atoms with van der Waals surface area (Å²) in [6.07, 6.45) is 5.07. The molecule has 0 aromatic carbocycles. The Labute approximate surface area is 84.4 Å². The molecule has 1 unspecified atom stereocenters. The number of pyridine rings is 1. The molecule has 1 heterocycles. The van der Waals surface area contributed by atoms with E-state index in [-0.39, 0.29) is 0 Å². The maximum atomic E-state index is 10.5. The number of carbonyl (C=O) groups excluding carboxylic acids is 1. The van der Waals surface area contributed by atoms with E-state index < -0.39 is 0 Å². The van der Waals surface area contributed by atoms with Crippen LogP contribution in [-0.4, -0.2) is 11.3 Å². The SMILES string of the molecule is Cc1ccc2c(n1)C(CC=O)CCC2. The van der Waals surface area contributed by atoms with Crippen LogP contribution < -0.4 is 0 Å². The summed E-state index contributed by atoms with van der Waals surface area (Å²) in [4.78, 5) is 15.1. The summed E-state index contributed by atoms with van der Waals surface area (Å²) in [6.45, 7) is 2.01. The van der Waals surface area contributed by atoms with Crippen LogP contribution in [0.1, 0.15) is 42.1 Å². The number of hydrogen-bond acceptors (Lipinski definition) is 2.